The smallest absolute Gasteiger partial charge is 0.237 e. The van der Waals surface area contributed by atoms with Gasteiger partial charge in [0.05, 0.1) is 12.2 Å². The zero-order chi connectivity index (χ0) is 20.4. The summed E-state index contributed by atoms with van der Waals surface area (Å²) >= 11 is 0. The highest BCUT2D eigenvalue weighted by atomic mass is 16.2. The summed E-state index contributed by atoms with van der Waals surface area (Å²) in [6.45, 7) is 9.39. The molecule has 0 N–H and O–H groups in total. The summed E-state index contributed by atoms with van der Waals surface area (Å²) in [5, 5.41) is 0. The fourth-order valence-electron chi connectivity index (χ4n) is 4.94. The molecule has 2 unspecified atom stereocenters. The van der Waals surface area contributed by atoms with Gasteiger partial charge in [-0.05, 0) is 38.1 Å². The molecule has 0 radical (unpaired) electrons. The molecule has 0 spiro atoms. The van der Waals surface area contributed by atoms with Crippen LogP contribution < -0.4 is 0 Å². The van der Waals surface area contributed by atoms with Crippen LogP contribution in [0, 0.1) is 5.92 Å². The van der Waals surface area contributed by atoms with Gasteiger partial charge in [0, 0.05) is 63.7 Å². The number of carbonyl (C=O) groups excluding carboxylic acids is 2. The van der Waals surface area contributed by atoms with Crippen LogP contribution in [0.1, 0.15) is 62.5 Å². The van der Waals surface area contributed by atoms with E-state index < -0.39 is 0 Å². The Balaban J connectivity index is 1.38. The molecule has 1 aromatic rings. The Bertz CT molecular complexity index is 768. The van der Waals surface area contributed by atoms with Gasteiger partial charge < -0.3 is 9.80 Å². The number of aromatic nitrogens is 2. The molecule has 2 atom stereocenters. The third-order valence-electron chi connectivity index (χ3n) is 6.64. The first-order chi connectivity index (χ1) is 14.0. The Hall–Kier alpha value is -2.02. The quantitative estimate of drug-likeness (QED) is 0.775. The van der Waals surface area contributed by atoms with E-state index in [1.807, 2.05) is 16.0 Å². The van der Waals surface area contributed by atoms with E-state index in [-0.39, 0.29) is 17.7 Å². The Morgan fingerprint density at radius 1 is 1.10 bits per heavy atom. The minimum atomic E-state index is 0.130. The van der Waals surface area contributed by atoms with Crippen LogP contribution in [-0.2, 0) is 22.6 Å². The molecule has 0 bridgehead atoms. The van der Waals surface area contributed by atoms with Crippen molar-refractivity contribution in [3.05, 3.63) is 23.3 Å². The number of hydrogen-bond acceptors (Lipinski definition) is 5. The molecule has 1 aromatic heterocycles. The van der Waals surface area contributed by atoms with Crippen molar-refractivity contribution in [3.63, 3.8) is 0 Å². The molecule has 7 nitrogen and oxygen atoms in total. The van der Waals surface area contributed by atoms with Crippen molar-refractivity contribution >= 4 is 11.8 Å². The average molecular weight is 400 g/mol. The van der Waals surface area contributed by atoms with Gasteiger partial charge in [-0.1, -0.05) is 6.92 Å². The third kappa shape index (κ3) is 4.77. The van der Waals surface area contributed by atoms with Crippen LogP contribution in [0.5, 0.6) is 0 Å². The van der Waals surface area contributed by atoms with Crippen molar-refractivity contribution in [1.29, 1.82) is 0 Å². The first-order valence-corrected chi connectivity index (χ1v) is 11.1. The zero-order valence-electron chi connectivity index (χ0n) is 17.8. The zero-order valence-corrected chi connectivity index (χ0v) is 17.8. The molecule has 158 valence electrons. The average Bonchev–Trinajstić information content (AvgIpc) is 2.73. The SMILES string of the molecule is CC(=O)N1CCCC(c2ncc3c(n2)CCN(C(=O)CN2CCCC(C)C2)C3)C1. The van der Waals surface area contributed by atoms with Gasteiger partial charge in [-0.2, -0.15) is 0 Å². The second kappa shape index (κ2) is 8.78. The summed E-state index contributed by atoms with van der Waals surface area (Å²) in [6, 6.07) is 0. The van der Waals surface area contributed by atoms with Gasteiger partial charge in [-0.25, -0.2) is 9.97 Å². The maximum absolute atomic E-state index is 12.8. The lowest BCUT2D eigenvalue weighted by Crippen LogP contribution is -2.45. The van der Waals surface area contributed by atoms with Crippen molar-refractivity contribution in [2.24, 2.45) is 5.92 Å². The van der Waals surface area contributed by atoms with Gasteiger partial charge in [0.25, 0.3) is 0 Å². The van der Waals surface area contributed by atoms with E-state index in [2.05, 4.69) is 16.8 Å². The highest BCUT2D eigenvalue weighted by Gasteiger charge is 2.28. The van der Waals surface area contributed by atoms with Gasteiger partial charge in [-0.3, -0.25) is 14.5 Å². The molecule has 2 fully saturated rings. The lowest BCUT2D eigenvalue weighted by Gasteiger charge is -2.34. The van der Waals surface area contributed by atoms with Gasteiger partial charge in [0.2, 0.25) is 11.8 Å². The van der Waals surface area contributed by atoms with Crippen molar-refractivity contribution in [3.8, 4) is 0 Å². The largest absolute Gasteiger partial charge is 0.342 e. The fourth-order valence-corrected chi connectivity index (χ4v) is 4.94. The molecule has 0 aliphatic carbocycles. The lowest BCUT2D eigenvalue weighted by molar-refractivity contribution is -0.133. The molecule has 3 aliphatic rings. The number of fused-ring (bicyclic) bond motifs is 1. The predicted octanol–water partition coefficient (Wildman–Crippen LogP) is 1.82. The van der Waals surface area contributed by atoms with Gasteiger partial charge in [0.1, 0.15) is 5.82 Å². The first kappa shape index (κ1) is 20.3. The van der Waals surface area contributed by atoms with Crippen LogP contribution >= 0.6 is 0 Å². The lowest BCUT2D eigenvalue weighted by atomic mass is 9.96. The summed E-state index contributed by atoms with van der Waals surface area (Å²) in [5.41, 5.74) is 2.14. The van der Waals surface area contributed by atoms with Crippen molar-refractivity contribution in [1.82, 2.24) is 24.7 Å². The number of carbonyl (C=O) groups is 2. The van der Waals surface area contributed by atoms with E-state index in [0.29, 0.717) is 25.6 Å². The molecule has 0 saturated carbocycles. The van der Waals surface area contributed by atoms with Crippen molar-refractivity contribution < 1.29 is 9.59 Å². The van der Waals surface area contributed by atoms with E-state index in [9.17, 15) is 9.59 Å². The summed E-state index contributed by atoms with van der Waals surface area (Å²) in [5.74, 6) is 2.11. The molecule has 3 aliphatic heterocycles. The maximum Gasteiger partial charge on any atom is 0.237 e. The molecule has 7 heteroatoms. The van der Waals surface area contributed by atoms with Crippen molar-refractivity contribution in [2.45, 2.75) is 58.4 Å². The van der Waals surface area contributed by atoms with Crippen molar-refractivity contribution in [2.75, 3.05) is 39.3 Å². The van der Waals surface area contributed by atoms with Crippen LogP contribution in [0.4, 0.5) is 0 Å². The van der Waals surface area contributed by atoms with Crippen LogP contribution in [0.2, 0.25) is 0 Å². The van der Waals surface area contributed by atoms with Gasteiger partial charge >= 0.3 is 0 Å². The molecule has 4 rings (SSSR count). The highest BCUT2D eigenvalue weighted by molar-refractivity contribution is 5.78. The molecular weight excluding hydrogens is 366 g/mol. The topological polar surface area (TPSA) is 69.6 Å². The number of piperidine rings is 2. The Morgan fingerprint density at radius 3 is 2.72 bits per heavy atom. The monoisotopic (exact) mass is 399 g/mol. The summed E-state index contributed by atoms with van der Waals surface area (Å²) in [6.07, 6.45) is 7.19. The third-order valence-corrected chi connectivity index (χ3v) is 6.64. The predicted molar refractivity (Wildman–Crippen MR) is 110 cm³/mol. The van der Waals surface area contributed by atoms with E-state index in [1.165, 1.54) is 12.8 Å². The summed E-state index contributed by atoms with van der Waals surface area (Å²) in [7, 11) is 0. The minimum Gasteiger partial charge on any atom is -0.342 e. The Kier molecular flexibility index (Phi) is 6.13. The molecule has 2 saturated heterocycles. The minimum absolute atomic E-state index is 0.130. The Morgan fingerprint density at radius 2 is 1.93 bits per heavy atom. The highest BCUT2D eigenvalue weighted by Crippen LogP contribution is 2.26. The van der Waals surface area contributed by atoms with E-state index >= 15 is 0 Å². The number of likely N-dealkylation sites (tertiary alicyclic amines) is 2. The number of amides is 2. The summed E-state index contributed by atoms with van der Waals surface area (Å²) in [4.78, 5) is 40.2. The van der Waals surface area contributed by atoms with Crippen LogP contribution in [-0.4, -0.2) is 75.8 Å². The van der Waals surface area contributed by atoms with Crippen LogP contribution in [0.3, 0.4) is 0 Å². The maximum atomic E-state index is 12.8. The Labute approximate surface area is 173 Å². The standard InChI is InChI=1S/C22H33N5O2/c1-16-5-3-8-25(12-16)15-21(29)27-10-7-20-19(14-27)11-23-22(24-20)18-6-4-9-26(13-18)17(2)28/h11,16,18H,3-10,12-15H2,1-2H3. The molecular formula is C22H33N5O2. The second-order valence-corrected chi connectivity index (χ2v) is 9.05. The van der Waals surface area contributed by atoms with E-state index in [1.54, 1.807) is 6.92 Å². The molecule has 0 aromatic carbocycles. The second-order valence-electron chi connectivity index (χ2n) is 9.05. The van der Waals surface area contributed by atoms with E-state index in [4.69, 9.17) is 4.98 Å². The molecule has 29 heavy (non-hydrogen) atoms. The molecule has 4 heterocycles. The normalized spacial score (nSPS) is 25.6. The van der Waals surface area contributed by atoms with Crippen LogP contribution in [0.15, 0.2) is 6.20 Å². The van der Waals surface area contributed by atoms with Gasteiger partial charge in [-0.15, -0.1) is 0 Å². The van der Waals surface area contributed by atoms with E-state index in [0.717, 1.165) is 62.5 Å². The molecule has 2 amide bonds. The van der Waals surface area contributed by atoms with Gasteiger partial charge in [0.15, 0.2) is 0 Å². The number of rotatable bonds is 3. The number of hydrogen-bond donors (Lipinski definition) is 0. The van der Waals surface area contributed by atoms with Crippen LogP contribution in [0.25, 0.3) is 0 Å². The number of nitrogens with zero attached hydrogens (tertiary/aromatic N) is 5. The summed E-state index contributed by atoms with van der Waals surface area (Å²) < 4.78 is 0. The first-order valence-electron chi connectivity index (χ1n) is 11.1. The fraction of sp³-hybridized carbons (Fsp3) is 0.727.